The van der Waals surface area contributed by atoms with Crippen LogP contribution in [0.25, 0.3) is 5.57 Å². The Kier molecular flexibility index (Phi) is 7.26. The van der Waals surface area contributed by atoms with Crippen LogP contribution in [0, 0.1) is 6.92 Å². The molecule has 1 heterocycles. The van der Waals surface area contributed by atoms with Gasteiger partial charge in [-0.15, -0.1) is 0 Å². The Bertz CT molecular complexity index is 1130. The quantitative estimate of drug-likeness (QED) is 0.544. The second-order valence-corrected chi connectivity index (χ2v) is 9.03. The van der Waals surface area contributed by atoms with Crippen LogP contribution in [0.1, 0.15) is 39.0 Å². The van der Waals surface area contributed by atoms with E-state index >= 15 is 0 Å². The first-order valence-corrected chi connectivity index (χ1v) is 11.6. The largest absolute Gasteiger partial charge is 0.378 e. The van der Waals surface area contributed by atoms with Crippen molar-refractivity contribution in [2.75, 3.05) is 32.1 Å². The molecule has 0 unspecified atom stereocenters. The van der Waals surface area contributed by atoms with Gasteiger partial charge in [0.1, 0.15) is 0 Å². The summed E-state index contributed by atoms with van der Waals surface area (Å²) in [6.45, 7) is 5.51. The summed E-state index contributed by atoms with van der Waals surface area (Å²) in [5.41, 5.74) is 8.15. The van der Waals surface area contributed by atoms with Crippen LogP contribution >= 0.6 is 0 Å². The van der Waals surface area contributed by atoms with E-state index in [0.29, 0.717) is 12.1 Å². The van der Waals surface area contributed by atoms with Crippen molar-refractivity contribution >= 4 is 17.2 Å². The summed E-state index contributed by atoms with van der Waals surface area (Å²) in [5.74, 6) is -0.0322. The van der Waals surface area contributed by atoms with E-state index in [1.165, 1.54) is 22.4 Å². The lowest BCUT2D eigenvalue weighted by atomic mass is 9.97. The van der Waals surface area contributed by atoms with Crippen molar-refractivity contribution in [1.29, 1.82) is 0 Å². The van der Waals surface area contributed by atoms with Gasteiger partial charge in [-0.3, -0.25) is 9.69 Å². The molecular formula is C29H33N3O. The molecule has 0 radical (unpaired) electrons. The molecule has 1 N–H and O–H groups in total. The molecule has 0 aliphatic carbocycles. The fraction of sp³-hybridized carbons (Fsp3) is 0.276. The first kappa shape index (κ1) is 22.8. The third kappa shape index (κ3) is 6.11. The van der Waals surface area contributed by atoms with Crippen LogP contribution in [0.3, 0.4) is 0 Å². The second kappa shape index (κ2) is 10.5. The Balaban J connectivity index is 1.33. The van der Waals surface area contributed by atoms with Crippen molar-refractivity contribution in [1.82, 2.24) is 10.2 Å². The van der Waals surface area contributed by atoms with E-state index in [-0.39, 0.29) is 5.91 Å². The molecule has 3 aromatic rings. The summed E-state index contributed by atoms with van der Waals surface area (Å²) in [4.78, 5) is 17.1. The standard InChI is InChI=1S/C29H33N3O/c1-22-6-4-9-27(18-22)29(33)30-20-24-7-5-8-26(19-24)25-14-16-32(17-15-25)21-23-10-12-28(13-11-23)31(2)3/h4-14,18-19H,15-17,20-21H2,1-3H3,(H,30,33). The van der Waals surface area contributed by atoms with Gasteiger partial charge in [-0.05, 0) is 65.9 Å². The average molecular weight is 440 g/mol. The van der Waals surface area contributed by atoms with Crippen molar-refractivity contribution in [3.63, 3.8) is 0 Å². The third-order valence-electron chi connectivity index (χ3n) is 6.18. The molecule has 4 rings (SSSR count). The Morgan fingerprint density at radius 3 is 2.45 bits per heavy atom. The molecule has 0 atom stereocenters. The summed E-state index contributed by atoms with van der Waals surface area (Å²) in [6, 6.07) is 25.1. The van der Waals surface area contributed by atoms with Crippen LogP contribution in [0.15, 0.2) is 78.9 Å². The first-order chi connectivity index (χ1) is 16.0. The minimum Gasteiger partial charge on any atom is -0.378 e. The molecule has 1 aliphatic rings. The van der Waals surface area contributed by atoms with Crippen molar-refractivity contribution in [2.24, 2.45) is 0 Å². The molecule has 170 valence electrons. The molecule has 4 heteroatoms. The van der Waals surface area contributed by atoms with Gasteiger partial charge in [0.15, 0.2) is 0 Å². The van der Waals surface area contributed by atoms with E-state index in [0.717, 1.165) is 37.2 Å². The second-order valence-electron chi connectivity index (χ2n) is 9.03. The van der Waals surface area contributed by atoms with Crippen molar-refractivity contribution in [3.8, 4) is 0 Å². The average Bonchev–Trinajstić information content (AvgIpc) is 2.83. The van der Waals surface area contributed by atoms with Gasteiger partial charge in [-0.1, -0.05) is 54.1 Å². The topological polar surface area (TPSA) is 35.6 Å². The number of hydrogen-bond donors (Lipinski definition) is 1. The van der Waals surface area contributed by atoms with E-state index in [4.69, 9.17) is 0 Å². The highest BCUT2D eigenvalue weighted by Crippen LogP contribution is 2.24. The van der Waals surface area contributed by atoms with E-state index in [2.05, 4.69) is 83.8 Å². The predicted molar refractivity (Wildman–Crippen MR) is 137 cm³/mol. The third-order valence-corrected chi connectivity index (χ3v) is 6.18. The van der Waals surface area contributed by atoms with Crippen LogP contribution in [0.5, 0.6) is 0 Å². The van der Waals surface area contributed by atoms with Crippen molar-refractivity contribution in [3.05, 3.63) is 107 Å². The molecule has 3 aromatic carbocycles. The van der Waals surface area contributed by atoms with Gasteiger partial charge in [0, 0.05) is 51.5 Å². The SMILES string of the molecule is Cc1cccc(C(=O)NCc2cccc(C3=CCN(Cc4ccc(N(C)C)cc4)CC3)c2)c1. The minimum atomic E-state index is -0.0322. The first-order valence-electron chi connectivity index (χ1n) is 11.6. The van der Waals surface area contributed by atoms with Crippen LogP contribution in [-0.2, 0) is 13.1 Å². The summed E-state index contributed by atoms with van der Waals surface area (Å²) in [6.07, 6.45) is 3.39. The van der Waals surface area contributed by atoms with Gasteiger partial charge in [-0.25, -0.2) is 0 Å². The van der Waals surface area contributed by atoms with E-state index in [1.807, 2.05) is 31.2 Å². The molecule has 0 saturated carbocycles. The Morgan fingerprint density at radius 2 is 1.76 bits per heavy atom. The Labute approximate surface area is 197 Å². The number of carbonyl (C=O) groups is 1. The monoisotopic (exact) mass is 439 g/mol. The van der Waals surface area contributed by atoms with Gasteiger partial charge in [-0.2, -0.15) is 0 Å². The number of aryl methyl sites for hydroxylation is 1. The summed E-state index contributed by atoms with van der Waals surface area (Å²) < 4.78 is 0. The van der Waals surface area contributed by atoms with Gasteiger partial charge in [0.2, 0.25) is 0 Å². The normalized spacial score (nSPS) is 14.0. The highest BCUT2D eigenvalue weighted by molar-refractivity contribution is 5.94. The van der Waals surface area contributed by atoms with Gasteiger partial charge in [0.05, 0.1) is 0 Å². The molecule has 1 aliphatic heterocycles. The van der Waals surface area contributed by atoms with Crippen LogP contribution in [0.4, 0.5) is 5.69 Å². The predicted octanol–water partition coefficient (Wildman–Crippen LogP) is 5.28. The maximum absolute atomic E-state index is 12.5. The number of amides is 1. The zero-order valence-corrected chi connectivity index (χ0v) is 19.8. The maximum Gasteiger partial charge on any atom is 0.251 e. The number of nitrogens with zero attached hydrogens (tertiary/aromatic N) is 2. The maximum atomic E-state index is 12.5. The number of benzene rings is 3. The van der Waals surface area contributed by atoms with Crippen LogP contribution in [0.2, 0.25) is 0 Å². The molecule has 0 saturated heterocycles. The zero-order chi connectivity index (χ0) is 23.2. The van der Waals surface area contributed by atoms with Crippen molar-refractivity contribution < 1.29 is 4.79 Å². The molecule has 33 heavy (non-hydrogen) atoms. The minimum absolute atomic E-state index is 0.0322. The molecule has 0 spiro atoms. The molecule has 1 amide bonds. The summed E-state index contributed by atoms with van der Waals surface area (Å²) in [7, 11) is 4.14. The number of rotatable bonds is 7. The lowest BCUT2D eigenvalue weighted by Gasteiger charge is -2.27. The van der Waals surface area contributed by atoms with Crippen molar-refractivity contribution in [2.45, 2.75) is 26.4 Å². The summed E-state index contributed by atoms with van der Waals surface area (Å²) >= 11 is 0. The lowest BCUT2D eigenvalue weighted by Crippen LogP contribution is -2.28. The fourth-order valence-electron chi connectivity index (χ4n) is 4.23. The Hall–Kier alpha value is -3.37. The summed E-state index contributed by atoms with van der Waals surface area (Å²) in [5, 5.41) is 3.05. The van der Waals surface area contributed by atoms with Gasteiger partial charge < -0.3 is 10.2 Å². The molecule has 4 nitrogen and oxygen atoms in total. The van der Waals surface area contributed by atoms with Crippen LogP contribution < -0.4 is 10.2 Å². The molecule has 0 fully saturated rings. The Morgan fingerprint density at radius 1 is 0.970 bits per heavy atom. The lowest BCUT2D eigenvalue weighted by molar-refractivity contribution is 0.0951. The zero-order valence-electron chi connectivity index (χ0n) is 19.8. The highest BCUT2D eigenvalue weighted by atomic mass is 16.1. The smallest absolute Gasteiger partial charge is 0.251 e. The van der Waals surface area contributed by atoms with E-state index < -0.39 is 0 Å². The molecule has 0 bridgehead atoms. The number of nitrogens with one attached hydrogen (secondary N) is 1. The fourth-order valence-corrected chi connectivity index (χ4v) is 4.23. The molecule has 0 aromatic heterocycles. The number of anilines is 1. The number of carbonyl (C=O) groups excluding carboxylic acids is 1. The number of hydrogen-bond acceptors (Lipinski definition) is 3. The van der Waals surface area contributed by atoms with E-state index in [9.17, 15) is 4.79 Å². The van der Waals surface area contributed by atoms with Gasteiger partial charge >= 0.3 is 0 Å². The highest BCUT2D eigenvalue weighted by Gasteiger charge is 2.14. The molecular weight excluding hydrogens is 406 g/mol. The van der Waals surface area contributed by atoms with E-state index in [1.54, 1.807) is 0 Å². The van der Waals surface area contributed by atoms with Crippen LogP contribution in [-0.4, -0.2) is 38.0 Å². The van der Waals surface area contributed by atoms with Gasteiger partial charge in [0.25, 0.3) is 5.91 Å².